The number of carbonyl (C=O) groups is 1. The number of quaternary nitrogens is 1. The van der Waals surface area contributed by atoms with E-state index >= 15 is 0 Å². The van der Waals surface area contributed by atoms with Crippen LogP contribution in [-0.2, 0) is 9.63 Å². The molecule has 0 fully saturated rings. The van der Waals surface area contributed by atoms with Gasteiger partial charge in [-0.2, -0.15) is 0 Å². The number of likely N-dealkylation sites (N-methyl/N-ethyl adjacent to an activating group) is 1. The monoisotopic (exact) mass is 372 g/mol. The molecule has 0 heterocycles. The highest BCUT2D eigenvalue weighted by Crippen LogP contribution is 2.11. The van der Waals surface area contributed by atoms with E-state index in [4.69, 9.17) is 4.84 Å². The van der Waals surface area contributed by atoms with Crippen LogP contribution >= 0.6 is 0 Å². The van der Waals surface area contributed by atoms with Crippen molar-refractivity contribution in [1.29, 1.82) is 0 Å². The highest BCUT2D eigenvalue weighted by atomic mass is 16.6. The molecule has 0 aliphatic heterocycles. The summed E-state index contributed by atoms with van der Waals surface area (Å²) in [6.07, 6.45) is 17.1. The minimum Gasteiger partial charge on any atom is -0.544 e. The summed E-state index contributed by atoms with van der Waals surface area (Å²) >= 11 is 0. The first-order valence-corrected chi connectivity index (χ1v) is 10.8. The van der Waals surface area contributed by atoms with E-state index < -0.39 is 5.97 Å². The first kappa shape index (κ1) is 25.4. The Morgan fingerprint density at radius 2 is 1.35 bits per heavy atom. The Morgan fingerprint density at radius 1 is 0.846 bits per heavy atom. The second kappa shape index (κ2) is 17.7. The fraction of sp³-hybridized carbons (Fsp3) is 0.952. The van der Waals surface area contributed by atoms with Gasteiger partial charge >= 0.3 is 0 Å². The number of hydroxylamine groups is 1. The van der Waals surface area contributed by atoms with Crippen molar-refractivity contribution in [2.75, 3.05) is 40.3 Å². The van der Waals surface area contributed by atoms with Gasteiger partial charge in [-0.05, 0) is 6.42 Å². The Balaban J connectivity index is 3.17. The van der Waals surface area contributed by atoms with Gasteiger partial charge in [0.15, 0.2) is 0 Å². The van der Waals surface area contributed by atoms with E-state index in [2.05, 4.69) is 12.4 Å². The molecule has 0 unspecified atom stereocenters. The van der Waals surface area contributed by atoms with Crippen molar-refractivity contribution in [2.45, 2.75) is 90.4 Å². The fourth-order valence-corrected chi connectivity index (χ4v) is 3.17. The van der Waals surface area contributed by atoms with Crippen LogP contribution in [0.2, 0.25) is 0 Å². The maximum Gasteiger partial charge on any atom is 0.119 e. The minimum absolute atomic E-state index is 0.0553. The molecule has 0 aromatic heterocycles. The van der Waals surface area contributed by atoms with Gasteiger partial charge in [0, 0.05) is 13.0 Å². The molecule has 0 spiro atoms. The summed E-state index contributed by atoms with van der Waals surface area (Å²) in [7, 11) is 3.81. The summed E-state index contributed by atoms with van der Waals surface area (Å²) in [6, 6.07) is 0. The molecule has 0 rings (SSSR count). The number of nitrogens with one attached hydrogen (secondary N) is 1. The minimum atomic E-state index is -0.994. The van der Waals surface area contributed by atoms with Crippen LogP contribution < -0.4 is 10.6 Å². The van der Waals surface area contributed by atoms with Gasteiger partial charge in [0.05, 0.1) is 33.2 Å². The van der Waals surface area contributed by atoms with Crippen LogP contribution in [0.3, 0.4) is 0 Å². The predicted octanol–water partition coefficient (Wildman–Crippen LogP) is 3.43. The Bertz CT molecular complexity index is 322. The van der Waals surface area contributed by atoms with E-state index in [0.29, 0.717) is 4.48 Å². The van der Waals surface area contributed by atoms with E-state index in [1.807, 2.05) is 14.1 Å². The van der Waals surface area contributed by atoms with Crippen molar-refractivity contribution in [2.24, 2.45) is 0 Å². The molecule has 156 valence electrons. The number of nitrogens with zero attached hydrogens (tertiary/aromatic N) is 1. The quantitative estimate of drug-likeness (QED) is 0.202. The van der Waals surface area contributed by atoms with Gasteiger partial charge in [-0.25, -0.2) is 5.48 Å². The fourth-order valence-electron chi connectivity index (χ4n) is 3.17. The van der Waals surface area contributed by atoms with Crippen LogP contribution in [0.15, 0.2) is 0 Å². The molecule has 0 saturated heterocycles. The zero-order chi connectivity index (χ0) is 19.5. The molecule has 0 aliphatic rings. The summed E-state index contributed by atoms with van der Waals surface area (Å²) in [5, 5.41) is 10.6. The molecule has 1 N–H and O–H groups in total. The molecule has 0 aromatic carbocycles. The first-order chi connectivity index (χ1) is 12.5. The smallest absolute Gasteiger partial charge is 0.119 e. The average molecular weight is 373 g/mol. The maximum atomic E-state index is 10.6. The summed E-state index contributed by atoms with van der Waals surface area (Å²) in [4.78, 5) is 16.1. The van der Waals surface area contributed by atoms with Crippen molar-refractivity contribution in [1.82, 2.24) is 5.48 Å². The standard InChI is InChI=1S/C21H44N2O3/c1-4-5-6-7-8-9-10-11-12-13-14-15-19-26-22-17-16-18-23(2,3)20-21(24)25/h22H,4-20H2,1-3H3. The van der Waals surface area contributed by atoms with Gasteiger partial charge in [-0.1, -0.05) is 77.6 Å². The van der Waals surface area contributed by atoms with Gasteiger partial charge in [-0.15, -0.1) is 0 Å². The number of aliphatic carboxylic acids is 1. The molecule has 5 nitrogen and oxygen atoms in total. The SMILES string of the molecule is CCCCCCCCCCCCCCONCCC[N+](C)(C)CC(=O)[O-]. The lowest BCUT2D eigenvalue weighted by molar-refractivity contribution is -0.884. The highest BCUT2D eigenvalue weighted by Gasteiger charge is 2.14. The van der Waals surface area contributed by atoms with Gasteiger partial charge in [0.1, 0.15) is 6.54 Å². The number of unbranched alkanes of at least 4 members (excludes halogenated alkanes) is 11. The topological polar surface area (TPSA) is 61.4 Å². The van der Waals surface area contributed by atoms with Gasteiger partial charge < -0.3 is 19.2 Å². The van der Waals surface area contributed by atoms with E-state index in [1.165, 1.54) is 70.6 Å². The van der Waals surface area contributed by atoms with Crippen LogP contribution in [0.1, 0.15) is 90.4 Å². The van der Waals surface area contributed by atoms with Crippen LogP contribution in [0, 0.1) is 0 Å². The van der Waals surface area contributed by atoms with Crippen molar-refractivity contribution >= 4 is 5.97 Å². The third kappa shape index (κ3) is 19.7. The Labute approximate surface area is 162 Å². The van der Waals surface area contributed by atoms with Crippen molar-refractivity contribution in [3.63, 3.8) is 0 Å². The molecule has 26 heavy (non-hydrogen) atoms. The normalized spacial score (nSPS) is 11.8. The number of carboxylic acids is 1. The van der Waals surface area contributed by atoms with E-state index in [9.17, 15) is 9.90 Å². The second-order valence-corrected chi connectivity index (χ2v) is 8.17. The van der Waals surface area contributed by atoms with Crippen molar-refractivity contribution < 1.29 is 19.2 Å². The average Bonchev–Trinajstić information content (AvgIpc) is 2.56. The Morgan fingerprint density at radius 3 is 1.85 bits per heavy atom. The molecule has 0 atom stereocenters. The molecule has 0 bridgehead atoms. The molecular weight excluding hydrogens is 328 g/mol. The third-order valence-corrected chi connectivity index (χ3v) is 4.80. The summed E-state index contributed by atoms with van der Waals surface area (Å²) < 4.78 is 0.447. The molecule has 0 aromatic rings. The number of hydrogen-bond donors (Lipinski definition) is 1. The summed E-state index contributed by atoms with van der Waals surface area (Å²) in [5.74, 6) is -0.994. The summed E-state index contributed by atoms with van der Waals surface area (Å²) in [5.41, 5.74) is 2.98. The van der Waals surface area contributed by atoms with E-state index in [-0.39, 0.29) is 6.54 Å². The largest absolute Gasteiger partial charge is 0.544 e. The molecule has 0 amide bonds. The predicted molar refractivity (Wildman–Crippen MR) is 106 cm³/mol. The molecule has 5 heteroatoms. The van der Waals surface area contributed by atoms with Crippen molar-refractivity contribution in [3.05, 3.63) is 0 Å². The number of hydrogen-bond acceptors (Lipinski definition) is 4. The Hall–Kier alpha value is -0.650. The van der Waals surface area contributed by atoms with E-state index in [0.717, 1.165) is 32.5 Å². The van der Waals surface area contributed by atoms with Gasteiger partial charge in [0.2, 0.25) is 0 Å². The summed E-state index contributed by atoms with van der Waals surface area (Å²) in [6.45, 7) is 4.63. The van der Waals surface area contributed by atoms with Crippen LogP contribution in [0.5, 0.6) is 0 Å². The van der Waals surface area contributed by atoms with Crippen LogP contribution in [0.4, 0.5) is 0 Å². The lowest BCUT2D eigenvalue weighted by Gasteiger charge is -2.30. The van der Waals surface area contributed by atoms with Gasteiger partial charge in [-0.3, -0.25) is 0 Å². The molecule has 0 aliphatic carbocycles. The zero-order valence-corrected chi connectivity index (χ0v) is 17.7. The number of carboxylic acid groups (broad SMARTS) is 1. The first-order valence-electron chi connectivity index (χ1n) is 10.8. The van der Waals surface area contributed by atoms with Crippen LogP contribution in [-0.4, -0.2) is 50.8 Å². The highest BCUT2D eigenvalue weighted by molar-refractivity contribution is 5.65. The molecular formula is C21H44N2O3. The second-order valence-electron chi connectivity index (χ2n) is 8.17. The Kier molecular flexibility index (Phi) is 17.3. The molecule has 0 radical (unpaired) electrons. The maximum absolute atomic E-state index is 10.6. The lowest BCUT2D eigenvalue weighted by Crippen LogP contribution is -2.49. The number of carbonyl (C=O) groups excluding carboxylic acids is 1. The lowest BCUT2D eigenvalue weighted by atomic mass is 10.1. The number of rotatable bonds is 20. The third-order valence-electron chi connectivity index (χ3n) is 4.80. The van der Waals surface area contributed by atoms with Gasteiger partial charge in [0.25, 0.3) is 0 Å². The zero-order valence-electron chi connectivity index (χ0n) is 17.7. The molecule has 0 saturated carbocycles. The van der Waals surface area contributed by atoms with Crippen LogP contribution in [0.25, 0.3) is 0 Å². The van der Waals surface area contributed by atoms with Crippen molar-refractivity contribution in [3.8, 4) is 0 Å². The van der Waals surface area contributed by atoms with E-state index in [1.54, 1.807) is 0 Å².